The van der Waals surface area contributed by atoms with Gasteiger partial charge >= 0.3 is 5.97 Å². The first-order chi connectivity index (χ1) is 25.0. The van der Waals surface area contributed by atoms with E-state index in [1.54, 1.807) is 37.9 Å². The lowest BCUT2D eigenvalue weighted by atomic mass is 9.81. The highest BCUT2D eigenvalue weighted by Gasteiger charge is 2.41. The molecule has 53 heavy (non-hydrogen) atoms. The Morgan fingerprint density at radius 1 is 0.943 bits per heavy atom. The van der Waals surface area contributed by atoms with E-state index in [-0.39, 0.29) is 36.6 Å². The van der Waals surface area contributed by atoms with Crippen LogP contribution in [0.2, 0.25) is 0 Å². The summed E-state index contributed by atoms with van der Waals surface area (Å²) in [7, 11) is 1.56. The molecule has 0 aliphatic carbocycles. The van der Waals surface area contributed by atoms with Crippen molar-refractivity contribution >= 4 is 46.4 Å². The SMILES string of the molecule is COc1ccc(C[C@@H]2NC(=O)CC[C@@H]3CSC(=N3)[C@@H](C)[C@@H](O)C[C@H](C)C[C@@H](C(C)(C)C)OC(=O)[C@@H]3CCCN3C(=O)[C@H](C)NC(=O)[C@H](C)NC2=O)cc1. The van der Waals surface area contributed by atoms with Crippen LogP contribution in [-0.2, 0) is 35.1 Å². The van der Waals surface area contributed by atoms with Gasteiger partial charge in [0.15, 0.2) is 0 Å². The van der Waals surface area contributed by atoms with Crippen molar-refractivity contribution in [1.29, 1.82) is 0 Å². The first-order valence-corrected chi connectivity index (χ1v) is 19.9. The van der Waals surface area contributed by atoms with Crippen molar-refractivity contribution in [2.75, 3.05) is 19.4 Å². The highest BCUT2D eigenvalue weighted by molar-refractivity contribution is 8.14. The lowest BCUT2D eigenvalue weighted by Gasteiger charge is -2.35. The summed E-state index contributed by atoms with van der Waals surface area (Å²) in [6, 6.07) is 3.27. The van der Waals surface area contributed by atoms with Gasteiger partial charge in [-0.2, -0.15) is 0 Å². The molecule has 1 aromatic carbocycles. The number of fused-ring (bicyclic) bond motifs is 2. The monoisotopic (exact) mass is 757 g/mol. The Balaban J connectivity index is 1.57. The second-order valence-corrected chi connectivity index (χ2v) is 17.1. The second kappa shape index (κ2) is 18.6. The van der Waals surface area contributed by atoms with Crippen molar-refractivity contribution in [2.24, 2.45) is 22.2 Å². The Kier molecular flexibility index (Phi) is 14.8. The molecule has 2 bridgehead atoms. The number of hydrogen-bond donors (Lipinski definition) is 4. The van der Waals surface area contributed by atoms with Crippen LogP contribution in [0.25, 0.3) is 0 Å². The molecule has 13 nitrogen and oxygen atoms in total. The van der Waals surface area contributed by atoms with Crippen LogP contribution >= 0.6 is 11.8 Å². The lowest BCUT2D eigenvalue weighted by molar-refractivity contribution is -0.164. The Bertz CT molecular complexity index is 1500. The molecule has 9 atom stereocenters. The fourth-order valence-electron chi connectivity index (χ4n) is 6.95. The molecular formula is C39H59N5O8S. The Morgan fingerprint density at radius 2 is 1.62 bits per heavy atom. The summed E-state index contributed by atoms with van der Waals surface area (Å²) in [5.41, 5.74) is 0.389. The zero-order valence-corrected chi connectivity index (χ0v) is 33.3. The first-order valence-electron chi connectivity index (χ1n) is 18.9. The number of cyclic esters (lactones) is 1. The van der Waals surface area contributed by atoms with E-state index >= 15 is 0 Å². The van der Waals surface area contributed by atoms with Crippen LogP contribution in [0.1, 0.15) is 92.6 Å². The highest BCUT2D eigenvalue weighted by Crippen LogP contribution is 2.33. The summed E-state index contributed by atoms with van der Waals surface area (Å²) in [5, 5.41) is 20.4. The number of aliphatic hydroxyl groups is 1. The number of aliphatic hydroxyl groups excluding tert-OH is 1. The molecule has 1 aromatic rings. The van der Waals surface area contributed by atoms with Gasteiger partial charge in [0.1, 0.15) is 36.0 Å². The van der Waals surface area contributed by atoms with Gasteiger partial charge < -0.3 is 35.4 Å². The number of rotatable bonds is 3. The van der Waals surface area contributed by atoms with Crippen LogP contribution in [0, 0.1) is 17.3 Å². The number of hydrogen-bond acceptors (Lipinski definition) is 10. The number of esters is 1. The number of nitrogens with one attached hydrogen (secondary N) is 3. The van der Waals surface area contributed by atoms with Crippen LogP contribution in [0.3, 0.4) is 0 Å². The summed E-state index contributed by atoms with van der Waals surface area (Å²) in [6.45, 7) is 13.4. The molecular weight excluding hydrogens is 699 g/mol. The van der Waals surface area contributed by atoms with Crippen LogP contribution < -0.4 is 20.7 Å². The second-order valence-electron chi connectivity index (χ2n) is 16.0. The first kappa shape index (κ1) is 42.1. The molecule has 3 aliphatic heterocycles. The largest absolute Gasteiger partial charge is 0.497 e. The van der Waals surface area contributed by atoms with Gasteiger partial charge in [0.2, 0.25) is 23.6 Å². The number of carbonyl (C=O) groups excluding carboxylic acids is 5. The molecule has 1 fully saturated rings. The third kappa shape index (κ3) is 11.7. The Morgan fingerprint density at radius 3 is 2.28 bits per heavy atom. The molecule has 0 saturated carbocycles. The molecule has 14 heteroatoms. The third-order valence-corrected chi connectivity index (χ3v) is 11.8. The normalized spacial score (nSPS) is 31.9. The summed E-state index contributed by atoms with van der Waals surface area (Å²) >= 11 is 1.59. The molecule has 294 valence electrons. The predicted octanol–water partition coefficient (Wildman–Crippen LogP) is 3.40. The van der Waals surface area contributed by atoms with Crippen molar-refractivity contribution in [2.45, 2.75) is 136 Å². The van der Waals surface area contributed by atoms with Crippen molar-refractivity contribution in [3.05, 3.63) is 29.8 Å². The van der Waals surface area contributed by atoms with Crippen molar-refractivity contribution in [3.8, 4) is 5.75 Å². The molecule has 4 amide bonds. The smallest absolute Gasteiger partial charge is 0.329 e. The molecule has 3 heterocycles. The minimum Gasteiger partial charge on any atom is -0.497 e. The van der Waals surface area contributed by atoms with Gasteiger partial charge in [-0.25, -0.2) is 4.79 Å². The van der Waals surface area contributed by atoms with E-state index in [1.165, 1.54) is 11.8 Å². The van der Waals surface area contributed by atoms with Gasteiger partial charge in [-0.1, -0.05) is 46.8 Å². The zero-order chi connectivity index (χ0) is 39.0. The molecule has 0 radical (unpaired) electrons. The van der Waals surface area contributed by atoms with Gasteiger partial charge in [-0.05, 0) is 75.0 Å². The van der Waals surface area contributed by atoms with Crippen molar-refractivity contribution < 1.29 is 38.6 Å². The van der Waals surface area contributed by atoms with Gasteiger partial charge in [0.25, 0.3) is 0 Å². The van der Waals surface area contributed by atoms with E-state index in [2.05, 4.69) is 16.0 Å². The predicted molar refractivity (Wildman–Crippen MR) is 204 cm³/mol. The van der Waals surface area contributed by atoms with E-state index in [4.69, 9.17) is 14.5 Å². The van der Waals surface area contributed by atoms with E-state index in [0.29, 0.717) is 50.2 Å². The number of ether oxygens (including phenoxy) is 2. The van der Waals surface area contributed by atoms with E-state index < -0.39 is 65.5 Å². The average Bonchev–Trinajstić information content (AvgIpc) is 3.79. The molecule has 1 saturated heterocycles. The van der Waals surface area contributed by atoms with Crippen molar-refractivity contribution in [3.63, 3.8) is 0 Å². The maximum Gasteiger partial charge on any atom is 0.329 e. The standard InChI is InChI=1S/C39H59N5O8S/c1-22-18-31(45)23(2)36-42-27(21-53-36)13-16-33(46)43-29(20-26-11-14-28(51-8)15-12-26)35(48)40-24(3)34(47)41-25(4)37(49)44-17-9-10-30(44)38(50)52-32(19-22)39(5,6)7/h11-12,14-15,22-25,27,29-32,45H,9-10,13,16-21H2,1-8H3,(H,40,48)(H,41,47)(H,43,46)/t22-,23-,24-,25-,27+,29-,30-,31-,32-/m0/s1. The number of thioether (sulfide) groups is 1. The fraction of sp³-hybridized carbons (Fsp3) is 0.692. The third-order valence-electron chi connectivity index (χ3n) is 10.4. The van der Waals surface area contributed by atoms with Crippen LogP contribution in [0.15, 0.2) is 29.3 Å². The van der Waals surface area contributed by atoms with E-state index in [9.17, 15) is 29.1 Å². The Hall–Kier alpha value is -3.65. The van der Waals surface area contributed by atoms with Crippen LogP contribution in [-0.4, -0.2) is 106 Å². The van der Waals surface area contributed by atoms with Crippen LogP contribution in [0.4, 0.5) is 0 Å². The van der Waals surface area contributed by atoms with Gasteiger partial charge in [0, 0.05) is 31.1 Å². The minimum absolute atomic E-state index is 0.0196. The molecule has 4 N–H and O–H groups in total. The topological polar surface area (TPSA) is 176 Å². The molecule has 0 aromatic heterocycles. The number of nitrogens with zero attached hydrogens (tertiary/aromatic N) is 2. The molecule has 0 spiro atoms. The minimum atomic E-state index is -1.03. The number of carbonyl (C=O) groups is 5. The molecule has 4 rings (SSSR count). The number of methoxy groups -OCH3 is 1. The zero-order valence-electron chi connectivity index (χ0n) is 32.5. The Labute approximate surface area is 318 Å². The lowest BCUT2D eigenvalue weighted by Crippen LogP contribution is -2.56. The highest BCUT2D eigenvalue weighted by atomic mass is 32.2. The van der Waals surface area contributed by atoms with Gasteiger partial charge in [-0.3, -0.25) is 24.2 Å². The summed E-state index contributed by atoms with van der Waals surface area (Å²) in [4.78, 5) is 73.8. The van der Waals surface area contributed by atoms with Gasteiger partial charge in [0.05, 0.1) is 24.3 Å². The summed E-state index contributed by atoms with van der Waals surface area (Å²) in [5.74, 6) is -1.19. The fourth-order valence-corrected chi connectivity index (χ4v) is 8.20. The number of benzene rings is 1. The number of aliphatic imine (C=N–C) groups is 1. The maximum atomic E-state index is 13.7. The summed E-state index contributed by atoms with van der Waals surface area (Å²) in [6.07, 6.45) is 1.74. The quantitative estimate of drug-likeness (QED) is 0.337. The van der Waals surface area contributed by atoms with E-state index in [0.717, 1.165) is 10.6 Å². The summed E-state index contributed by atoms with van der Waals surface area (Å²) < 4.78 is 11.4. The van der Waals surface area contributed by atoms with Crippen LogP contribution in [0.5, 0.6) is 5.75 Å². The molecule has 0 unspecified atom stereocenters. The maximum absolute atomic E-state index is 13.7. The van der Waals surface area contributed by atoms with E-state index in [1.807, 2.05) is 46.8 Å². The van der Waals surface area contributed by atoms with Crippen molar-refractivity contribution in [1.82, 2.24) is 20.9 Å². The average molecular weight is 758 g/mol. The van der Waals surface area contributed by atoms with Gasteiger partial charge in [-0.15, -0.1) is 11.8 Å². The molecule has 3 aliphatic rings. The number of amides is 4.